The molecular formula is C32H57ClN2O4. The summed E-state index contributed by atoms with van der Waals surface area (Å²) < 4.78 is 13.1. The van der Waals surface area contributed by atoms with Crippen molar-refractivity contribution >= 4 is 11.6 Å². The Morgan fingerprint density at radius 2 is 1.85 bits per heavy atom. The molecule has 4 unspecified atom stereocenters. The van der Waals surface area contributed by atoms with Gasteiger partial charge in [0.05, 0.1) is 30.0 Å². The van der Waals surface area contributed by atoms with Crippen molar-refractivity contribution in [1.29, 1.82) is 0 Å². The minimum absolute atomic E-state index is 0.0570. The maximum Gasteiger partial charge on any atom is 0.111 e. The van der Waals surface area contributed by atoms with Gasteiger partial charge in [-0.1, -0.05) is 13.8 Å². The molecule has 0 aromatic heterocycles. The molecule has 0 aromatic rings. The number of ether oxygens (including phenoxy) is 2. The van der Waals surface area contributed by atoms with E-state index >= 15 is 0 Å². The average molecular weight is 569 g/mol. The van der Waals surface area contributed by atoms with E-state index < -0.39 is 11.2 Å². The first-order valence-electron chi connectivity index (χ1n) is 16.3. The largest absolute Gasteiger partial charge is 0.393 e. The first-order chi connectivity index (χ1) is 18.5. The molecule has 5 aliphatic rings. The van der Waals surface area contributed by atoms with Gasteiger partial charge in [0.15, 0.2) is 0 Å². The molecule has 5 fully saturated rings. The third-order valence-electron chi connectivity index (χ3n) is 11.5. The molecule has 226 valence electrons. The third-order valence-corrected chi connectivity index (χ3v) is 11.9. The smallest absolute Gasteiger partial charge is 0.111 e. The monoisotopic (exact) mass is 568 g/mol. The van der Waals surface area contributed by atoms with Crippen molar-refractivity contribution < 1.29 is 19.7 Å². The Balaban J connectivity index is 1.19. The molecular weight excluding hydrogens is 512 g/mol. The molecule has 0 radical (unpaired) electrons. The van der Waals surface area contributed by atoms with E-state index in [-0.39, 0.29) is 24.4 Å². The molecule has 0 spiro atoms. The topological polar surface area (TPSA) is 74.2 Å². The van der Waals surface area contributed by atoms with Gasteiger partial charge in [0.1, 0.15) is 6.23 Å². The summed E-state index contributed by atoms with van der Waals surface area (Å²) in [5.41, 5.74) is -1.16. The van der Waals surface area contributed by atoms with Gasteiger partial charge in [0, 0.05) is 29.8 Å². The molecule has 7 heteroatoms. The van der Waals surface area contributed by atoms with Gasteiger partial charge in [-0.25, -0.2) is 0 Å². The molecule has 3 heterocycles. The molecule has 2 saturated carbocycles. The van der Waals surface area contributed by atoms with E-state index in [9.17, 15) is 10.2 Å². The van der Waals surface area contributed by atoms with Crippen LogP contribution in [0.5, 0.6) is 0 Å². The van der Waals surface area contributed by atoms with E-state index in [0.29, 0.717) is 35.2 Å². The predicted molar refractivity (Wildman–Crippen MR) is 157 cm³/mol. The molecule has 0 amide bonds. The highest BCUT2D eigenvalue weighted by molar-refractivity contribution is 6.20. The van der Waals surface area contributed by atoms with E-state index in [4.69, 9.17) is 21.1 Å². The van der Waals surface area contributed by atoms with Crippen LogP contribution < -0.4 is 5.32 Å². The number of rotatable bonds is 8. The van der Waals surface area contributed by atoms with Crippen molar-refractivity contribution in [3.05, 3.63) is 0 Å². The lowest BCUT2D eigenvalue weighted by Gasteiger charge is -2.55. The highest BCUT2D eigenvalue weighted by Crippen LogP contribution is 2.50. The van der Waals surface area contributed by atoms with Crippen molar-refractivity contribution in [2.45, 2.75) is 140 Å². The highest BCUT2D eigenvalue weighted by Gasteiger charge is 2.53. The average Bonchev–Trinajstić information content (AvgIpc) is 2.90. The van der Waals surface area contributed by atoms with Crippen LogP contribution in [0.25, 0.3) is 0 Å². The van der Waals surface area contributed by atoms with Crippen LogP contribution >= 0.6 is 11.6 Å². The minimum Gasteiger partial charge on any atom is -0.393 e. The number of hydrogen-bond donors (Lipinski definition) is 3. The van der Waals surface area contributed by atoms with Crippen LogP contribution in [0.2, 0.25) is 0 Å². The molecule has 3 N–H and O–H groups in total. The van der Waals surface area contributed by atoms with Crippen LogP contribution in [0.1, 0.15) is 105 Å². The highest BCUT2D eigenvalue weighted by atomic mass is 35.5. The third kappa shape index (κ3) is 6.68. The van der Waals surface area contributed by atoms with Gasteiger partial charge in [-0.15, -0.1) is 11.6 Å². The van der Waals surface area contributed by atoms with Crippen LogP contribution in [0.3, 0.4) is 0 Å². The van der Waals surface area contributed by atoms with Gasteiger partial charge < -0.3 is 24.6 Å². The van der Waals surface area contributed by atoms with E-state index in [0.717, 1.165) is 77.5 Å². The van der Waals surface area contributed by atoms with Crippen LogP contribution in [-0.4, -0.2) is 82.9 Å². The summed E-state index contributed by atoms with van der Waals surface area (Å²) in [6.07, 6.45) is 13.9. The molecule has 0 aromatic carbocycles. The number of fused-ring (bicyclic) bond motifs is 2. The number of aliphatic hydroxyl groups excluding tert-OH is 1. The Morgan fingerprint density at radius 1 is 1.08 bits per heavy atom. The summed E-state index contributed by atoms with van der Waals surface area (Å²) in [4.78, 5) is 2.63. The van der Waals surface area contributed by atoms with Gasteiger partial charge >= 0.3 is 0 Å². The Bertz CT molecular complexity index is 803. The zero-order valence-electron chi connectivity index (χ0n) is 25.2. The Morgan fingerprint density at radius 3 is 2.56 bits per heavy atom. The van der Waals surface area contributed by atoms with Crippen molar-refractivity contribution in [3.8, 4) is 0 Å². The van der Waals surface area contributed by atoms with Crippen LogP contribution in [-0.2, 0) is 9.47 Å². The first-order valence-corrected chi connectivity index (χ1v) is 16.7. The summed E-state index contributed by atoms with van der Waals surface area (Å²) >= 11 is 6.39. The fraction of sp³-hybridized carbons (Fsp3) is 1.00. The lowest BCUT2D eigenvalue weighted by atomic mass is 9.60. The molecule has 2 aliphatic carbocycles. The number of alkyl halides is 1. The van der Waals surface area contributed by atoms with Gasteiger partial charge in [-0.05, 0) is 122 Å². The van der Waals surface area contributed by atoms with Crippen LogP contribution in [0.15, 0.2) is 0 Å². The van der Waals surface area contributed by atoms with E-state index in [2.05, 4.69) is 24.1 Å². The number of halogens is 1. The fourth-order valence-electron chi connectivity index (χ4n) is 9.23. The summed E-state index contributed by atoms with van der Waals surface area (Å²) in [5, 5.41) is 25.7. The summed E-state index contributed by atoms with van der Waals surface area (Å²) in [6.45, 7) is 12.8. The van der Waals surface area contributed by atoms with E-state index in [1.54, 1.807) is 0 Å². The summed E-state index contributed by atoms with van der Waals surface area (Å²) in [6, 6.07) is 0. The molecule has 7 atom stereocenters. The predicted octanol–water partition coefficient (Wildman–Crippen LogP) is 5.32. The van der Waals surface area contributed by atoms with Gasteiger partial charge in [-0.3, -0.25) is 5.32 Å². The van der Waals surface area contributed by atoms with Crippen molar-refractivity contribution in [2.24, 2.45) is 29.1 Å². The normalized spacial score (nSPS) is 43.5. The summed E-state index contributed by atoms with van der Waals surface area (Å²) in [5.74, 6) is 2.17. The van der Waals surface area contributed by atoms with Gasteiger partial charge in [-0.2, -0.15) is 0 Å². The lowest BCUT2D eigenvalue weighted by molar-refractivity contribution is -0.206. The molecule has 39 heavy (non-hydrogen) atoms. The van der Waals surface area contributed by atoms with Crippen LogP contribution in [0.4, 0.5) is 0 Å². The van der Waals surface area contributed by atoms with Gasteiger partial charge in [0.2, 0.25) is 0 Å². The second-order valence-electron chi connectivity index (χ2n) is 15.1. The lowest BCUT2D eigenvalue weighted by Crippen LogP contribution is -2.61. The van der Waals surface area contributed by atoms with Crippen molar-refractivity contribution in [3.63, 3.8) is 0 Å². The maximum absolute atomic E-state index is 11.9. The second kappa shape index (κ2) is 12.3. The Hall–Kier alpha value is 0.0500. The molecule has 0 bridgehead atoms. The molecule has 3 saturated heterocycles. The van der Waals surface area contributed by atoms with Crippen molar-refractivity contribution in [1.82, 2.24) is 10.2 Å². The molecule has 5 rings (SSSR count). The first kappa shape index (κ1) is 30.5. The fourth-order valence-corrected chi connectivity index (χ4v) is 9.48. The Labute approximate surface area is 242 Å². The minimum atomic E-state index is -0.575. The zero-order valence-corrected chi connectivity index (χ0v) is 25.9. The number of nitrogens with one attached hydrogen (secondary N) is 1. The molecule has 6 nitrogen and oxygen atoms in total. The standard InChI is InChI=1S/C32H57ClN2O4/c1-30(2)20-35(18-15-32(30,37)22-9-11-23(33)12-10-22)17-6-8-25-26-7-5-16-34-29(26)38-28-14-13-24(19-27(25)28)39-31(3,4)21-36/h22-29,34,36-37H,5-21H2,1-4H3/t22?,23?,24-,25?,26?,27?,28+,29+,32?/m0/s1. The Kier molecular flexibility index (Phi) is 9.66. The van der Waals surface area contributed by atoms with E-state index in [1.165, 1.54) is 25.7 Å². The van der Waals surface area contributed by atoms with Crippen molar-refractivity contribution in [2.75, 3.05) is 32.8 Å². The van der Waals surface area contributed by atoms with Crippen LogP contribution in [0, 0.1) is 29.1 Å². The summed E-state index contributed by atoms with van der Waals surface area (Å²) in [7, 11) is 0. The van der Waals surface area contributed by atoms with Gasteiger partial charge in [0.25, 0.3) is 0 Å². The second-order valence-corrected chi connectivity index (χ2v) is 15.7. The number of hydrogen-bond acceptors (Lipinski definition) is 6. The SMILES string of the molecule is CC(C)(CO)O[C@H]1CC[C@H]2O[C@H]3NCCCC3C(CCCN3CCC(O)(C4CCC(Cl)CC4)C(C)(C)C3)C2C1. The number of aliphatic hydroxyl groups is 2. The number of nitrogens with zero attached hydrogens (tertiary/aromatic N) is 1. The maximum atomic E-state index is 11.9. The number of likely N-dealkylation sites (tertiary alicyclic amines) is 1. The quantitative estimate of drug-likeness (QED) is 0.344. The number of piperidine rings is 2. The molecule has 3 aliphatic heterocycles. The van der Waals surface area contributed by atoms with E-state index in [1.807, 2.05) is 13.8 Å². The zero-order chi connectivity index (χ0) is 27.8.